The Hall–Kier alpha value is -4.84. The van der Waals surface area contributed by atoms with Gasteiger partial charge in [-0.3, -0.25) is 9.69 Å². The smallest absolute Gasteiger partial charge is 0.420 e. The van der Waals surface area contributed by atoms with Gasteiger partial charge in [0.25, 0.3) is 5.91 Å². The van der Waals surface area contributed by atoms with Gasteiger partial charge in [0.15, 0.2) is 6.10 Å². The van der Waals surface area contributed by atoms with Gasteiger partial charge in [-0.05, 0) is 104 Å². The molecule has 0 radical (unpaired) electrons. The van der Waals surface area contributed by atoms with Gasteiger partial charge < -0.3 is 25.6 Å². The number of aliphatic hydroxyl groups excluding tert-OH is 1. The summed E-state index contributed by atoms with van der Waals surface area (Å²) in [6.07, 6.45) is 1.83. The number of nitrogens with one attached hydrogen (secondary N) is 2. The van der Waals surface area contributed by atoms with Crippen molar-refractivity contribution in [2.75, 3.05) is 23.4 Å². The monoisotopic (exact) mass is 651 g/mol. The molecule has 47 heavy (non-hydrogen) atoms. The number of aliphatic carboxylic acids is 1. The second-order valence-corrected chi connectivity index (χ2v) is 11.8. The first-order valence-corrected chi connectivity index (χ1v) is 15.5. The van der Waals surface area contributed by atoms with Gasteiger partial charge in [0.2, 0.25) is 0 Å². The average molecular weight is 652 g/mol. The predicted molar refractivity (Wildman–Crippen MR) is 170 cm³/mol. The van der Waals surface area contributed by atoms with Gasteiger partial charge in [-0.2, -0.15) is 13.2 Å². The van der Waals surface area contributed by atoms with Crippen LogP contribution in [0, 0.1) is 5.92 Å². The number of carboxylic acid groups (broad SMARTS) is 1. The number of hydrogen-bond acceptors (Lipinski definition) is 5. The number of aliphatic hydroxyl groups is 1. The number of rotatable bonds is 12. The minimum atomic E-state index is -4.69. The fourth-order valence-electron chi connectivity index (χ4n) is 5.20. The van der Waals surface area contributed by atoms with Crippen LogP contribution in [0.25, 0.3) is 5.57 Å². The lowest BCUT2D eigenvalue weighted by atomic mass is 9.93. The van der Waals surface area contributed by atoms with Crippen LogP contribution in [-0.4, -0.2) is 47.4 Å². The molecule has 3 aromatic carbocycles. The quantitative estimate of drug-likeness (QED) is 0.169. The van der Waals surface area contributed by atoms with E-state index in [1.807, 2.05) is 12.1 Å². The zero-order valence-corrected chi connectivity index (χ0v) is 25.6. The summed E-state index contributed by atoms with van der Waals surface area (Å²) in [6, 6.07) is 16.4. The molecule has 2 aliphatic rings. The van der Waals surface area contributed by atoms with Crippen LogP contribution in [0.3, 0.4) is 0 Å². The van der Waals surface area contributed by atoms with E-state index < -0.39 is 42.3 Å². The summed E-state index contributed by atoms with van der Waals surface area (Å²) < 4.78 is 47.3. The molecule has 0 saturated heterocycles. The highest BCUT2D eigenvalue weighted by molar-refractivity contribution is 6.02. The van der Waals surface area contributed by atoms with Crippen LogP contribution < -0.4 is 20.3 Å². The number of ether oxygens (including phenoxy) is 1. The van der Waals surface area contributed by atoms with E-state index >= 15 is 0 Å². The number of carbonyl (C=O) groups excluding carboxylic acids is 2. The number of hydrogen-bond donors (Lipinski definition) is 4. The van der Waals surface area contributed by atoms with Crippen LogP contribution in [0.2, 0.25) is 0 Å². The van der Waals surface area contributed by atoms with Gasteiger partial charge >= 0.3 is 18.2 Å². The molecule has 0 heterocycles. The lowest BCUT2D eigenvalue weighted by Gasteiger charge is -2.25. The van der Waals surface area contributed by atoms with Crippen LogP contribution in [0.4, 0.5) is 29.3 Å². The van der Waals surface area contributed by atoms with Crippen molar-refractivity contribution < 1.29 is 42.5 Å². The Balaban J connectivity index is 1.36. The normalized spacial score (nSPS) is 15.3. The van der Waals surface area contributed by atoms with Gasteiger partial charge in [-0.15, -0.1) is 0 Å². The number of carbonyl (C=O) groups is 3. The number of urea groups is 1. The van der Waals surface area contributed by atoms with Crippen molar-refractivity contribution in [3.63, 3.8) is 0 Å². The number of anilines is 2. The first-order chi connectivity index (χ1) is 22.5. The number of allylic oxidation sites excluding steroid dienone is 2. The van der Waals surface area contributed by atoms with E-state index in [9.17, 15) is 32.7 Å². The lowest BCUT2D eigenvalue weighted by molar-refractivity contribution is -0.146. The summed E-state index contributed by atoms with van der Waals surface area (Å²) in [5.41, 5.74) is 2.56. The summed E-state index contributed by atoms with van der Waals surface area (Å²) in [6.45, 7) is -0.247. The molecule has 2 aliphatic carbocycles. The molecule has 248 valence electrons. The van der Waals surface area contributed by atoms with E-state index in [4.69, 9.17) is 9.84 Å². The highest BCUT2D eigenvalue weighted by atomic mass is 19.4. The van der Waals surface area contributed by atoms with Gasteiger partial charge in [-0.25, -0.2) is 9.59 Å². The Morgan fingerprint density at radius 1 is 0.979 bits per heavy atom. The summed E-state index contributed by atoms with van der Waals surface area (Å²) in [5.74, 6) is -2.08. The van der Waals surface area contributed by atoms with Gasteiger partial charge in [0, 0.05) is 16.9 Å². The summed E-state index contributed by atoms with van der Waals surface area (Å²) in [4.78, 5) is 38.3. The molecular weight excluding hydrogens is 615 g/mol. The molecule has 1 fully saturated rings. The SMILES string of the molecule is O=C(NC[C@@H](O)C(=O)O)c1ccc(CN(C(=O)Nc2ccc(OCC3CC3)c(C(F)(F)F)c2)c2ccc(C3=CCCCC3)cc2)cc1. The van der Waals surface area contributed by atoms with Crippen molar-refractivity contribution in [2.24, 2.45) is 5.92 Å². The number of nitrogens with zero attached hydrogens (tertiary/aromatic N) is 1. The molecule has 3 aromatic rings. The molecule has 1 saturated carbocycles. The Labute approximate surface area is 270 Å². The molecule has 4 N–H and O–H groups in total. The molecule has 0 bridgehead atoms. The maximum absolute atomic E-state index is 13.9. The van der Waals surface area contributed by atoms with Crippen molar-refractivity contribution in [1.29, 1.82) is 0 Å². The summed E-state index contributed by atoms with van der Waals surface area (Å²) in [7, 11) is 0. The Morgan fingerprint density at radius 3 is 2.32 bits per heavy atom. The topological polar surface area (TPSA) is 128 Å². The average Bonchev–Trinajstić information content (AvgIpc) is 3.90. The van der Waals surface area contributed by atoms with Gasteiger partial charge in [0.05, 0.1) is 25.3 Å². The van der Waals surface area contributed by atoms with Crippen molar-refractivity contribution in [2.45, 2.75) is 57.3 Å². The van der Waals surface area contributed by atoms with E-state index in [1.54, 1.807) is 24.3 Å². The number of carboxylic acids is 1. The standard InChI is InChI=1S/C35H36F3N3O6/c36-35(37,38)29-18-27(14-17-31(29)47-21-23-6-7-23)40-34(46)41(28-15-12-25(13-16-28)24-4-2-1-3-5-24)20-22-8-10-26(11-9-22)32(43)39-19-30(42)33(44)45/h4,8-18,23,30,42H,1-3,5-7,19-21H2,(H,39,43)(H,40,46)(H,44,45)/t30-/m1/s1. The minimum absolute atomic E-state index is 0.0161. The van der Waals surface area contributed by atoms with Gasteiger partial charge in [-0.1, -0.05) is 30.3 Å². The molecule has 3 amide bonds. The third-order valence-electron chi connectivity index (χ3n) is 8.09. The predicted octanol–water partition coefficient (Wildman–Crippen LogP) is 6.87. The third kappa shape index (κ3) is 9.13. The van der Waals surface area contributed by atoms with E-state index in [-0.39, 0.29) is 36.1 Å². The van der Waals surface area contributed by atoms with Crippen LogP contribution in [0.15, 0.2) is 72.8 Å². The molecule has 0 unspecified atom stereocenters. The number of alkyl halides is 3. The second-order valence-electron chi connectivity index (χ2n) is 11.8. The highest BCUT2D eigenvalue weighted by Gasteiger charge is 2.35. The van der Waals surface area contributed by atoms with Crippen molar-refractivity contribution in [3.8, 4) is 5.75 Å². The van der Waals surface area contributed by atoms with Crippen molar-refractivity contribution >= 4 is 34.9 Å². The van der Waals surface area contributed by atoms with E-state index in [0.717, 1.165) is 50.2 Å². The molecule has 9 nitrogen and oxygen atoms in total. The Kier molecular flexibility index (Phi) is 10.5. The lowest BCUT2D eigenvalue weighted by Crippen LogP contribution is -2.36. The summed E-state index contributed by atoms with van der Waals surface area (Å²) in [5, 5.41) is 23.2. The van der Waals surface area contributed by atoms with Crippen LogP contribution in [-0.2, 0) is 17.5 Å². The minimum Gasteiger partial charge on any atom is -0.493 e. The van der Waals surface area contributed by atoms with Crippen molar-refractivity contribution in [1.82, 2.24) is 5.32 Å². The molecule has 0 aromatic heterocycles. The zero-order valence-electron chi connectivity index (χ0n) is 25.6. The maximum atomic E-state index is 13.9. The maximum Gasteiger partial charge on any atom is 0.420 e. The van der Waals surface area contributed by atoms with Crippen LogP contribution in [0.5, 0.6) is 5.75 Å². The first-order valence-electron chi connectivity index (χ1n) is 15.5. The fourth-order valence-corrected chi connectivity index (χ4v) is 5.20. The molecule has 1 atom stereocenters. The Morgan fingerprint density at radius 2 is 1.70 bits per heavy atom. The fraction of sp³-hybridized carbons (Fsp3) is 0.343. The van der Waals surface area contributed by atoms with E-state index in [0.29, 0.717) is 11.3 Å². The molecule has 5 rings (SSSR count). The molecule has 0 aliphatic heterocycles. The van der Waals surface area contributed by atoms with Crippen LogP contribution >= 0.6 is 0 Å². The van der Waals surface area contributed by atoms with E-state index in [1.165, 1.54) is 34.7 Å². The number of benzene rings is 3. The number of amides is 3. The Bertz CT molecular complexity index is 1620. The zero-order chi connectivity index (χ0) is 33.6. The largest absolute Gasteiger partial charge is 0.493 e. The second kappa shape index (κ2) is 14.7. The van der Waals surface area contributed by atoms with Crippen LogP contribution in [0.1, 0.15) is 65.6 Å². The van der Waals surface area contributed by atoms with E-state index in [2.05, 4.69) is 16.7 Å². The highest BCUT2D eigenvalue weighted by Crippen LogP contribution is 2.39. The molecule has 12 heteroatoms. The first kappa shape index (κ1) is 33.5. The van der Waals surface area contributed by atoms with Gasteiger partial charge in [0.1, 0.15) is 5.75 Å². The molecular formula is C35H36F3N3O6. The number of halogens is 3. The summed E-state index contributed by atoms with van der Waals surface area (Å²) >= 11 is 0. The molecule has 0 spiro atoms. The third-order valence-corrected chi connectivity index (χ3v) is 8.09. The van der Waals surface area contributed by atoms with Crippen molar-refractivity contribution in [3.05, 3.63) is 95.1 Å².